The maximum absolute atomic E-state index is 4.51. The lowest BCUT2D eigenvalue weighted by molar-refractivity contribution is 0.541. The first-order chi connectivity index (χ1) is 6.67. The summed E-state index contributed by atoms with van der Waals surface area (Å²) in [6.07, 6.45) is 2.13. The Morgan fingerprint density at radius 1 is 1.43 bits per heavy atom. The number of rotatable bonds is 5. The van der Waals surface area contributed by atoms with Gasteiger partial charge in [0.1, 0.15) is 10.8 Å². The van der Waals surface area contributed by atoms with Crippen molar-refractivity contribution in [2.24, 2.45) is 0 Å². The van der Waals surface area contributed by atoms with Crippen LogP contribution in [0.1, 0.15) is 43.9 Å². The molecule has 0 saturated heterocycles. The Balaban J connectivity index is 2.58. The van der Waals surface area contributed by atoms with Crippen LogP contribution < -0.4 is 5.32 Å². The molecule has 0 fully saturated rings. The highest BCUT2D eigenvalue weighted by Gasteiger charge is 2.11. The van der Waals surface area contributed by atoms with Crippen LogP contribution in [0.2, 0.25) is 0 Å². The summed E-state index contributed by atoms with van der Waals surface area (Å²) in [4.78, 5) is 4.51. The molecule has 0 spiro atoms. The second-order valence-corrected chi connectivity index (χ2v) is 4.64. The molecule has 1 atom stereocenters. The van der Waals surface area contributed by atoms with Crippen LogP contribution in [0.5, 0.6) is 0 Å². The summed E-state index contributed by atoms with van der Waals surface area (Å²) >= 11 is 1.54. The lowest BCUT2D eigenvalue weighted by Gasteiger charge is -2.10. The van der Waals surface area contributed by atoms with Crippen LogP contribution >= 0.6 is 11.5 Å². The zero-order valence-corrected chi connectivity index (χ0v) is 10.2. The predicted octanol–water partition coefficient (Wildman–Crippen LogP) is 2.20. The minimum Gasteiger partial charge on any atom is -0.317 e. The topological polar surface area (TPSA) is 37.8 Å². The quantitative estimate of drug-likeness (QED) is 0.815. The second-order valence-electron chi connectivity index (χ2n) is 3.80. The van der Waals surface area contributed by atoms with Gasteiger partial charge in [-0.3, -0.25) is 0 Å². The molecule has 80 valence electrons. The Hall–Kier alpha value is -0.480. The summed E-state index contributed by atoms with van der Waals surface area (Å²) in [6, 6.07) is 0.531. The molecule has 1 N–H and O–H groups in total. The van der Waals surface area contributed by atoms with Gasteiger partial charge in [0.25, 0.3) is 0 Å². The standard InChI is InChI=1S/C10H19N3S/c1-5-8(11-4)6-9-12-10(7(2)3)13-14-9/h7-8,11H,5-6H2,1-4H3. The molecule has 1 aromatic heterocycles. The summed E-state index contributed by atoms with van der Waals surface area (Å²) in [7, 11) is 2.00. The Morgan fingerprint density at radius 3 is 2.57 bits per heavy atom. The molecule has 0 bridgehead atoms. The fourth-order valence-electron chi connectivity index (χ4n) is 1.25. The van der Waals surface area contributed by atoms with Crippen molar-refractivity contribution in [2.45, 2.75) is 45.6 Å². The van der Waals surface area contributed by atoms with E-state index in [4.69, 9.17) is 0 Å². The van der Waals surface area contributed by atoms with Gasteiger partial charge in [0, 0.05) is 18.4 Å². The number of hydrogen-bond donors (Lipinski definition) is 1. The third-order valence-electron chi connectivity index (χ3n) is 2.32. The monoisotopic (exact) mass is 213 g/mol. The SMILES string of the molecule is CCC(Cc1nc(C(C)C)ns1)NC. The normalized spacial score (nSPS) is 13.5. The van der Waals surface area contributed by atoms with Gasteiger partial charge in [-0.15, -0.1) is 0 Å². The van der Waals surface area contributed by atoms with E-state index in [0.29, 0.717) is 12.0 Å². The number of nitrogens with zero attached hydrogens (tertiary/aromatic N) is 2. The van der Waals surface area contributed by atoms with Crippen molar-refractivity contribution in [1.29, 1.82) is 0 Å². The number of nitrogens with one attached hydrogen (secondary N) is 1. The maximum Gasteiger partial charge on any atom is 0.145 e. The van der Waals surface area contributed by atoms with Gasteiger partial charge in [0.05, 0.1) is 0 Å². The fraction of sp³-hybridized carbons (Fsp3) is 0.800. The van der Waals surface area contributed by atoms with Crippen molar-refractivity contribution < 1.29 is 0 Å². The van der Waals surface area contributed by atoms with Crippen LogP contribution in [0.25, 0.3) is 0 Å². The molecule has 4 heteroatoms. The van der Waals surface area contributed by atoms with Crippen molar-refractivity contribution in [3.63, 3.8) is 0 Å². The highest BCUT2D eigenvalue weighted by Crippen LogP contribution is 2.15. The smallest absolute Gasteiger partial charge is 0.145 e. The molecule has 3 nitrogen and oxygen atoms in total. The van der Waals surface area contributed by atoms with Gasteiger partial charge in [0.15, 0.2) is 0 Å². The lowest BCUT2D eigenvalue weighted by Crippen LogP contribution is -2.26. The van der Waals surface area contributed by atoms with Gasteiger partial charge in [-0.1, -0.05) is 20.8 Å². The minimum absolute atomic E-state index is 0.440. The third-order valence-corrected chi connectivity index (χ3v) is 3.07. The van der Waals surface area contributed by atoms with Crippen LogP contribution in [0.4, 0.5) is 0 Å². The van der Waals surface area contributed by atoms with Crippen molar-refractivity contribution in [1.82, 2.24) is 14.7 Å². The molecular weight excluding hydrogens is 194 g/mol. The summed E-state index contributed by atoms with van der Waals surface area (Å²) in [6.45, 7) is 6.44. The van der Waals surface area contributed by atoms with E-state index in [-0.39, 0.29) is 0 Å². The Kier molecular flexibility index (Phi) is 4.48. The molecule has 0 aliphatic heterocycles. The number of hydrogen-bond acceptors (Lipinski definition) is 4. The first kappa shape index (κ1) is 11.6. The summed E-state index contributed by atoms with van der Waals surface area (Å²) in [5, 5.41) is 4.43. The molecule has 1 rings (SSSR count). The Morgan fingerprint density at radius 2 is 2.14 bits per heavy atom. The highest BCUT2D eigenvalue weighted by atomic mass is 32.1. The van der Waals surface area contributed by atoms with E-state index in [1.54, 1.807) is 0 Å². The molecule has 1 aromatic rings. The largest absolute Gasteiger partial charge is 0.317 e. The number of aromatic nitrogens is 2. The van der Waals surface area contributed by atoms with Gasteiger partial charge < -0.3 is 5.32 Å². The van der Waals surface area contributed by atoms with Gasteiger partial charge in [0.2, 0.25) is 0 Å². The van der Waals surface area contributed by atoms with Crippen LogP contribution in [-0.2, 0) is 6.42 Å². The zero-order chi connectivity index (χ0) is 10.6. The Labute approximate surface area is 90.1 Å². The van der Waals surface area contributed by atoms with Gasteiger partial charge in [-0.05, 0) is 25.0 Å². The fourth-order valence-corrected chi connectivity index (χ4v) is 2.11. The minimum atomic E-state index is 0.440. The van der Waals surface area contributed by atoms with E-state index < -0.39 is 0 Å². The molecule has 0 radical (unpaired) electrons. The first-order valence-corrected chi connectivity index (χ1v) is 5.94. The molecule has 1 unspecified atom stereocenters. The molecule has 0 aliphatic carbocycles. The van der Waals surface area contributed by atoms with Gasteiger partial charge >= 0.3 is 0 Å². The molecule has 1 heterocycles. The summed E-state index contributed by atoms with van der Waals surface area (Å²) in [5.41, 5.74) is 0. The van der Waals surface area contributed by atoms with Gasteiger partial charge in [-0.2, -0.15) is 4.37 Å². The van der Waals surface area contributed by atoms with Crippen molar-refractivity contribution in [3.8, 4) is 0 Å². The third kappa shape index (κ3) is 3.03. The molecule has 0 amide bonds. The van der Waals surface area contributed by atoms with E-state index in [2.05, 4.69) is 35.4 Å². The molecule has 0 saturated carbocycles. The lowest BCUT2D eigenvalue weighted by atomic mass is 10.1. The first-order valence-electron chi connectivity index (χ1n) is 5.17. The summed E-state index contributed by atoms with van der Waals surface area (Å²) in [5.74, 6) is 1.42. The van der Waals surface area contributed by atoms with Gasteiger partial charge in [-0.25, -0.2) is 4.98 Å². The molecule has 14 heavy (non-hydrogen) atoms. The van der Waals surface area contributed by atoms with Crippen molar-refractivity contribution in [3.05, 3.63) is 10.8 Å². The molecular formula is C10H19N3S. The van der Waals surface area contributed by atoms with Crippen molar-refractivity contribution in [2.75, 3.05) is 7.05 Å². The van der Waals surface area contributed by atoms with Crippen LogP contribution in [-0.4, -0.2) is 22.4 Å². The predicted molar refractivity (Wildman–Crippen MR) is 60.8 cm³/mol. The average Bonchev–Trinajstić information content (AvgIpc) is 2.62. The average molecular weight is 213 g/mol. The van der Waals surface area contributed by atoms with E-state index in [9.17, 15) is 0 Å². The van der Waals surface area contributed by atoms with Crippen LogP contribution in [0, 0.1) is 0 Å². The second kappa shape index (κ2) is 5.41. The maximum atomic E-state index is 4.51. The summed E-state index contributed by atoms with van der Waals surface area (Å²) < 4.78 is 4.34. The molecule has 0 aromatic carbocycles. The zero-order valence-electron chi connectivity index (χ0n) is 9.37. The number of likely N-dealkylation sites (N-methyl/N-ethyl adjacent to an activating group) is 1. The van der Waals surface area contributed by atoms with E-state index in [1.165, 1.54) is 11.5 Å². The van der Waals surface area contributed by atoms with Crippen molar-refractivity contribution >= 4 is 11.5 Å². The van der Waals surface area contributed by atoms with Crippen LogP contribution in [0.15, 0.2) is 0 Å². The van der Waals surface area contributed by atoms with Crippen LogP contribution in [0.3, 0.4) is 0 Å². The highest BCUT2D eigenvalue weighted by molar-refractivity contribution is 7.05. The molecule has 0 aliphatic rings. The van der Waals surface area contributed by atoms with E-state index >= 15 is 0 Å². The van der Waals surface area contributed by atoms with E-state index in [0.717, 1.165) is 23.7 Å². The van der Waals surface area contributed by atoms with E-state index in [1.807, 2.05) is 7.05 Å². The Bertz CT molecular complexity index is 266.